The molecule has 0 aliphatic heterocycles. The van der Waals surface area contributed by atoms with E-state index in [9.17, 15) is 9.59 Å². The minimum absolute atomic E-state index is 0.0556. The summed E-state index contributed by atoms with van der Waals surface area (Å²) >= 11 is 0. The Hall–Kier alpha value is -3.09. The van der Waals surface area contributed by atoms with Crippen LogP contribution in [0.2, 0.25) is 0 Å². The molecule has 7 nitrogen and oxygen atoms in total. The average molecular weight is 371 g/mol. The Morgan fingerprint density at radius 3 is 2.33 bits per heavy atom. The van der Waals surface area contributed by atoms with Crippen LogP contribution in [0.5, 0.6) is 11.5 Å². The van der Waals surface area contributed by atoms with Gasteiger partial charge in [0.2, 0.25) is 0 Å². The van der Waals surface area contributed by atoms with Crippen molar-refractivity contribution in [3.05, 3.63) is 53.3 Å². The average Bonchev–Trinajstić information content (AvgIpc) is 2.71. The second-order valence-electron chi connectivity index (χ2n) is 6.12. The third kappa shape index (κ3) is 5.44. The van der Waals surface area contributed by atoms with Gasteiger partial charge in [-0.05, 0) is 37.1 Å². The van der Waals surface area contributed by atoms with Gasteiger partial charge >= 0.3 is 0 Å². The molecule has 2 N–H and O–H groups in total. The van der Waals surface area contributed by atoms with E-state index < -0.39 is 0 Å². The van der Waals surface area contributed by atoms with Gasteiger partial charge in [-0.3, -0.25) is 14.6 Å². The highest BCUT2D eigenvalue weighted by Gasteiger charge is 2.13. The summed E-state index contributed by atoms with van der Waals surface area (Å²) in [7, 11) is 3.12. The van der Waals surface area contributed by atoms with Crippen LogP contribution in [0.15, 0.2) is 36.7 Å². The van der Waals surface area contributed by atoms with Gasteiger partial charge in [-0.25, -0.2) is 0 Å². The van der Waals surface area contributed by atoms with Crippen molar-refractivity contribution in [3.63, 3.8) is 0 Å². The Morgan fingerprint density at radius 1 is 1.04 bits per heavy atom. The predicted octanol–water partition coefficient (Wildman–Crippen LogP) is 2.56. The zero-order chi connectivity index (χ0) is 19.8. The second-order valence-corrected chi connectivity index (χ2v) is 6.12. The smallest absolute Gasteiger partial charge is 0.253 e. The van der Waals surface area contributed by atoms with Crippen molar-refractivity contribution in [2.24, 2.45) is 0 Å². The predicted molar refractivity (Wildman–Crippen MR) is 102 cm³/mol. The van der Waals surface area contributed by atoms with Gasteiger partial charge in [-0.2, -0.15) is 0 Å². The lowest BCUT2D eigenvalue weighted by molar-refractivity contribution is 0.0939. The van der Waals surface area contributed by atoms with Crippen LogP contribution in [0.3, 0.4) is 0 Å². The summed E-state index contributed by atoms with van der Waals surface area (Å²) in [5.41, 5.74) is 1.54. The maximum Gasteiger partial charge on any atom is 0.253 e. The Morgan fingerprint density at radius 2 is 1.70 bits per heavy atom. The summed E-state index contributed by atoms with van der Waals surface area (Å²) in [6.45, 7) is 4.22. The molecule has 0 spiro atoms. The summed E-state index contributed by atoms with van der Waals surface area (Å²) < 4.78 is 10.5. The number of carbonyl (C=O) groups is 2. The molecule has 2 amide bonds. The van der Waals surface area contributed by atoms with Gasteiger partial charge in [0.1, 0.15) is 0 Å². The fraction of sp³-hybridized carbons (Fsp3) is 0.350. The molecule has 0 saturated carbocycles. The number of ether oxygens (including phenoxy) is 2. The summed E-state index contributed by atoms with van der Waals surface area (Å²) in [6.07, 6.45) is 3.71. The van der Waals surface area contributed by atoms with E-state index in [1.54, 1.807) is 26.4 Å². The van der Waals surface area contributed by atoms with E-state index in [1.165, 1.54) is 18.5 Å². The molecule has 1 aromatic heterocycles. The van der Waals surface area contributed by atoms with E-state index in [2.05, 4.69) is 15.6 Å². The van der Waals surface area contributed by atoms with Crippen LogP contribution in [0, 0.1) is 0 Å². The summed E-state index contributed by atoms with van der Waals surface area (Å²) in [5, 5.41) is 5.67. The SMILES string of the molecule is CCC(C)NC(=O)c1cncc(C(=O)NCc2ccc(OC)c(OC)c2)c1. The van der Waals surface area contributed by atoms with E-state index in [4.69, 9.17) is 9.47 Å². The van der Waals surface area contributed by atoms with E-state index in [1.807, 2.05) is 19.9 Å². The molecule has 7 heteroatoms. The Kier molecular flexibility index (Phi) is 7.16. The molecule has 2 aromatic rings. The number of carbonyl (C=O) groups excluding carboxylic acids is 2. The van der Waals surface area contributed by atoms with Crippen molar-refractivity contribution in [1.29, 1.82) is 0 Å². The van der Waals surface area contributed by atoms with Crippen LogP contribution in [0.4, 0.5) is 0 Å². The van der Waals surface area contributed by atoms with E-state index in [0.29, 0.717) is 29.2 Å². The molecule has 0 aliphatic carbocycles. The first-order chi connectivity index (χ1) is 13.0. The van der Waals surface area contributed by atoms with E-state index in [-0.39, 0.29) is 17.9 Å². The topological polar surface area (TPSA) is 89.6 Å². The van der Waals surface area contributed by atoms with Crippen molar-refractivity contribution < 1.29 is 19.1 Å². The normalized spacial score (nSPS) is 11.4. The highest BCUT2D eigenvalue weighted by molar-refractivity contribution is 5.99. The van der Waals surface area contributed by atoms with Crippen LogP contribution in [0.25, 0.3) is 0 Å². The molecule has 0 radical (unpaired) electrons. The van der Waals surface area contributed by atoms with Crippen molar-refractivity contribution in [1.82, 2.24) is 15.6 Å². The third-order valence-electron chi connectivity index (χ3n) is 4.15. The highest BCUT2D eigenvalue weighted by Crippen LogP contribution is 2.27. The fourth-order valence-electron chi connectivity index (χ4n) is 2.37. The van der Waals surface area contributed by atoms with Crippen LogP contribution in [-0.4, -0.2) is 37.1 Å². The molecule has 27 heavy (non-hydrogen) atoms. The van der Waals surface area contributed by atoms with Gasteiger partial charge in [-0.1, -0.05) is 13.0 Å². The first-order valence-electron chi connectivity index (χ1n) is 8.73. The number of pyridine rings is 1. The Bertz CT molecular complexity index is 808. The molecule has 1 heterocycles. The number of benzene rings is 1. The van der Waals surface area contributed by atoms with Gasteiger partial charge in [0.25, 0.3) is 11.8 Å². The molecule has 2 rings (SSSR count). The van der Waals surface area contributed by atoms with Crippen molar-refractivity contribution in [2.45, 2.75) is 32.9 Å². The molecule has 0 bridgehead atoms. The molecule has 1 unspecified atom stereocenters. The minimum atomic E-state index is -0.310. The van der Waals surface area contributed by atoms with Crippen LogP contribution < -0.4 is 20.1 Å². The standard InChI is InChI=1S/C20H25N3O4/c1-5-13(2)23-20(25)16-9-15(11-21-12-16)19(24)22-10-14-6-7-17(26-3)18(8-14)27-4/h6-9,11-13H,5,10H2,1-4H3,(H,22,24)(H,23,25). The second kappa shape index (κ2) is 9.56. The number of hydrogen-bond donors (Lipinski definition) is 2. The lowest BCUT2D eigenvalue weighted by Crippen LogP contribution is -2.32. The molecule has 0 aliphatic rings. The number of aromatic nitrogens is 1. The molecule has 1 atom stereocenters. The quantitative estimate of drug-likeness (QED) is 0.744. The lowest BCUT2D eigenvalue weighted by atomic mass is 10.1. The number of nitrogens with one attached hydrogen (secondary N) is 2. The Labute approximate surface area is 159 Å². The van der Waals surface area contributed by atoms with E-state index >= 15 is 0 Å². The number of rotatable bonds is 8. The largest absolute Gasteiger partial charge is 0.493 e. The molecule has 0 saturated heterocycles. The first-order valence-corrected chi connectivity index (χ1v) is 8.73. The number of methoxy groups -OCH3 is 2. The van der Waals surface area contributed by atoms with Crippen LogP contribution in [0.1, 0.15) is 46.5 Å². The zero-order valence-corrected chi connectivity index (χ0v) is 16.0. The van der Waals surface area contributed by atoms with Gasteiger partial charge in [-0.15, -0.1) is 0 Å². The van der Waals surface area contributed by atoms with Crippen molar-refractivity contribution in [2.75, 3.05) is 14.2 Å². The van der Waals surface area contributed by atoms with E-state index in [0.717, 1.165) is 12.0 Å². The lowest BCUT2D eigenvalue weighted by Gasteiger charge is -2.12. The van der Waals surface area contributed by atoms with Crippen molar-refractivity contribution in [3.8, 4) is 11.5 Å². The number of amides is 2. The number of nitrogens with zero attached hydrogens (tertiary/aromatic N) is 1. The minimum Gasteiger partial charge on any atom is -0.493 e. The first kappa shape index (κ1) is 20.2. The maximum atomic E-state index is 12.4. The summed E-state index contributed by atoms with van der Waals surface area (Å²) in [4.78, 5) is 28.6. The monoisotopic (exact) mass is 371 g/mol. The third-order valence-corrected chi connectivity index (χ3v) is 4.15. The molecule has 0 fully saturated rings. The fourth-order valence-corrected chi connectivity index (χ4v) is 2.37. The van der Waals surface area contributed by atoms with Gasteiger partial charge in [0.15, 0.2) is 11.5 Å². The summed E-state index contributed by atoms with van der Waals surface area (Å²) in [6, 6.07) is 7.01. The molecular formula is C20H25N3O4. The van der Waals surface area contributed by atoms with Gasteiger partial charge in [0, 0.05) is 25.0 Å². The van der Waals surface area contributed by atoms with Gasteiger partial charge in [0.05, 0.1) is 25.3 Å². The molecule has 144 valence electrons. The van der Waals surface area contributed by atoms with Crippen LogP contribution in [-0.2, 0) is 6.54 Å². The zero-order valence-electron chi connectivity index (χ0n) is 16.0. The summed E-state index contributed by atoms with van der Waals surface area (Å²) in [5.74, 6) is 0.660. The number of hydrogen-bond acceptors (Lipinski definition) is 5. The highest BCUT2D eigenvalue weighted by atomic mass is 16.5. The molecular weight excluding hydrogens is 346 g/mol. The molecule has 1 aromatic carbocycles. The van der Waals surface area contributed by atoms with Gasteiger partial charge < -0.3 is 20.1 Å². The Balaban J connectivity index is 2.04. The maximum absolute atomic E-state index is 12.4. The van der Waals surface area contributed by atoms with Crippen molar-refractivity contribution >= 4 is 11.8 Å². The van der Waals surface area contributed by atoms with Crippen LogP contribution >= 0.6 is 0 Å².